The van der Waals surface area contributed by atoms with E-state index in [1.54, 1.807) is 6.92 Å². The molecule has 0 aliphatic rings. The molecule has 90 valence electrons. The predicted octanol–water partition coefficient (Wildman–Crippen LogP) is -1.41. The third-order valence-corrected chi connectivity index (χ3v) is 1.56. The molecule has 3 atom stereocenters. The maximum atomic E-state index is 9.86. The van der Waals surface area contributed by atoms with Gasteiger partial charge in [-0.3, -0.25) is 9.59 Å². The van der Waals surface area contributed by atoms with E-state index >= 15 is 0 Å². The number of carboxylic acid groups (broad SMARTS) is 2. The summed E-state index contributed by atoms with van der Waals surface area (Å²) in [5, 5.41) is 24.6. The van der Waals surface area contributed by atoms with Crippen molar-refractivity contribution in [1.82, 2.24) is 0 Å². The maximum Gasteiger partial charge on any atom is 0.323 e. The van der Waals surface area contributed by atoms with Gasteiger partial charge in [-0.2, -0.15) is 0 Å². The molecule has 0 bridgehead atoms. The van der Waals surface area contributed by atoms with E-state index in [2.05, 4.69) is 0 Å². The normalized spacial score (nSPS) is 15.5. The van der Waals surface area contributed by atoms with Crippen LogP contribution in [0.3, 0.4) is 0 Å². The van der Waals surface area contributed by atoms with Crippen molar-refractivity contribution in [3.8, 4) is 0 Å². The molecule has 7 heteroatoms. The van der Waals surface area contributed by atoms with Crippen molar-refractivity contribution in [2.24, 2.45) is 11.5 Å². The number of aliphatic hydroxyl groups is 1. The number of nitrogens with two attached hydrogens (primary N) is 2. The molecule has 0 aliphatic carbocycles. The van der Waals surface area contributed by atoms with Crippen LogP contribution in [0.1, 0.15) is 20.3 Å². The lowest BCUT2D eigenvalue weighted by Gasteiger charge is -2.06. The predicted molar refractivity (Wildman–Crippen MR) is 53.2 cm³/mol. The molecule has 0 aromatic carbocycles. The lowest BCUT2D eigenvalue weighted by atomic mass is 10.2. The molecule has 0 radical (unpaired) electrons. The van der Waals surface area contributed by atoms with Crippen molar-refractivity contribution in [3.63, 3.8) is 0 Å². The number of rotatable bonds is 4. The molecule has 0 aliphatic heterocycles. The van der Waals surface area contributed by atoms with Crippen LogP contribution in [0.25, 0.3) is 0 Å². The Morgan fingerprint density at radius 2 is 1.60 bits per heavy atom. The lowest BCUT2D eigenvalue weighted by molar-refractivity contribution is -0.141. The summed E-state index contributed by atoms with van der Waals surface area (Å²) in [6, 6.07) is -1.84. The first-order valence-electron chi connectivity index (χ1n) is 4.38. The topological polar surface area (TPSA) is 147 Å². The van der Waals surface area contributed by atoms with E-state index in [4.69, 9.17) is 26.8 Å². The minimum Gasteiger partial charge on any atom is -0.480 e. The van der Waals surface area contributed by atoms with Gasteiger partial charge in [0.2, 0.25) is 0 Å². The van der Waals surface area contributed by atoms with E-state index in [0.717, 1.165) is 0 Å². The third kappa shape index (κ3) is 9.13. The second-order valence-corrected chi connectivity index (χ2v) is 2.96. The molecule has 0 rings (SSSR count). The largest absolute Gasteiger partial charge is 0.480 e. The van der Waals surface area contributed by atoms with Gasteiger partial charge in [0.15, 0.2) is 0 Å². The van der Waals surface area contributed by atoms with Crippen molar-refractivity contribution >= 4 is 11.9 Å². The summed E-state index contributed by atoms with van der Waals surface area (Å²) in [7, 11) is 0. The zero-order chi connectivity index (χ0) is 12.6. The van der Waals surface area contributed by atoms with E-state index in [-0.39, 0.29) is 0 Å². The fourth-order valence-electron chi connectivity index (χ4n) is 0.381. The van der Waals surface area contributed by atoms with Gasteiger partial charge < -0.3 is 26.8 Å². The van der Waals surface area contributed by atoms with Crippen LogP contribution in [-0.2, 0) is 9.59 Å². The highest BCUT2D eigenvalue weighted by atomic mass is 16.4. The number of hydrogen-bond acceptors (Lipinski definition) is 5. The summed E-state index contributed by atoms with van der Waals surface area (Å²) < 4.78 is 0. The van der Waals surface area contributed by atoms with Crippen LogP contribution in [-0.4, -0.2) is 45.4 Å². The monoisotopic (exact) mass is 222 g/mol. The molecular formula is C8H18N2O5. The summed E-state index contributed by atoms with van der Waals surface area (Å²) in [6.07, 6.45) is -0.484. The second kappa shape index (κ2) is 8.16. The Kier molecular flexibility index (Phi) is 8.84. The summed E-state index contributed by atoms with van der Waals surface area (Å²) >= 11 is 0. The van der Waals surface area contributed by atoms with Crippen LogP contribution in [0.15, 0.2) is 0 Å². The van der Waals surface area contributed by atoms with E-state index in [1.807, 2.05) is 0 Å². The molecule has 0 aromatic heterocycles. The average Bonchev–Trinajstić information content (AvgIpc) is 2.15. The zero-order valence-corrected chi connectivity index (χ0v) is 8.75. The van der Waals surface area contributed by atoms with Gasteiger partial charge in [0, 0.05) is 0 Å². The number of carboxylic acids is 2. The standard InChI is InChI=1S/C4H9NO3.C4H9NO2/c1-2(6)3(5)4(7)8;1-2-3(5)4(6)7/h2-3,6H,5H2,1H3,(H,7,8);3H,2,5H2,1H3,(H,6,7)/t2-,3+;/m1./s1. The zero-order valence-electron chi connectivity index (χ0n) is 8.75. The molecule has 1 unspecified atom stereocenters. The summed E-state index contributed by atoms with van der Waals surface area (Å²) in [4.78, 5) is 19.7. The van der Waals surface area contributed by atoms with Crippen molar-refractivity contribution < 1.29 is 24.9 Å². The van der Waals surface area contributed by atoms with Crippen LogP contribution in [0.5, 0.6) is 0 Å². The Hall–Kier alpha value is -1.18. The first kappa shape index (κ1) is 16.3. The Balaban J connectivity index is 0. The van der Waals surface area contributed by atoms with E-state index < -0.39 is 30.1 Å². The molecule has 0 spiro atoms. The number of aliphatic carboxylic acids is 2. The second-order valence-electron chi connectivity index (χ2n) is 2.96. The van der Waals surface area contributed by atoms with Gasteiger partial charge in [0.25, 0.3) is 0 Å². The van der Waals surface area contributed by atoms with Gasteiger partial charge in [-0.05, 0) is 13.3 Å². The molecule has 0 amide bonds. The van der Waals surface area contributed by atoms with Crippen molar-refractivity contribution in [2.75, 3.05) is 0 Å². The molecular weight excluding hydrogens is 204 g/mol. The number of aliphatic hydroxyl groups excluding tert-OH is 1. The Labute approximate surface area is 87.7 Å². The molecule has 7 nitrogen and oxygen atoms in total. The van der Waals surface area contributed by atoms with Crippen LogP contribution in [0.4, 0.5) is 0 Å². The highest BCUT2D eigenvalue weighted by Gasteiger charge is 2.16. The van der Waals surface area contributed by atoms with Crippen LogP contribution in [0, 0.1) is 0 Å². The highest BCUT2D eigenvalue weighted by Crippen LogP contribution is 1.85. The van der Waals surface area contributed by atoms with Gasteiger partial charge in [0.05, 0.1) is 6.10 Å². The van der Waals surface area contributed by atoms with Gasteiger partial charge in [-0.25, -0.2) is 0 Å². The van der Waals surface area contributed by atoms with Crippen molar-refractivity contribution in [1.29, 1.82) is 0 Å². The molecule has 0 fully saturated rings. The van der Waals surface area contributed by atoms with E-state index in [0.29, 0.717) is 6.42 Å². The summed E-state index contributed by atoms with van der Waals surface area (Å²) in [6.45, 7) is 3.07. The smallest absolute Gasteiger partial charge is 0.323 e. The van der Waals surface area contributed by atoms with Gasteiger partial charge in [-0.1, -0.05) is 6.92 Å². The average molecular weight is 222 g/mol. The fraction of sp³-hybridized carbons (Fsp3) is 0.750. The lowest BCUT2D eigenvalue weighted by Crippen LogP contribution is -2.39. The minimum absolute atomic E-state index is 0.495. The quantitative estimate of drug-likeness (QED) is 0.392. The number of carbonyl (C=O) groups is 2. The third-order valence-electron chi connectivity index (χ3n) is 1.56. The van der Waals surface area contributed by atoms with Crippen LogP contribution >= 0.6 is 0 Å². The summed E-state index contributed by atoms with van der Waals surface area (Å²) in [5.41, 5.74) is 9.93. The van der Waals surface area contributed by atoms with Crippen LogP contribution in [0.2, 0.25) is 0 Å². The van der Waals surface area contributed by atoms with Crippen molar-refractivity contribution in [3.05, 3.63) is 0 Å². The van der Waals surface area contributed by atoms with E-state index in [1.165, 1.54) is 6.92 Å². The Morgan fingerprint density at radius 3 is 1.60 bits per heavy atom. The fourth-order valence-corrected chi connectivity index (χ4v) is 0.381. The molecule has 0 heterocycles. The van der Waals surface area contributed by atoms with Gasteiger partial charge in [0.1, 0.15) is 12.1 Å². The Bertz CT molecular complexity index is 207. The van der Waals surface area contributed by atoms with Crippen molar-refractivity contribution in [2.45, 2.75) is 38.5 Å². The Morgan fingerprint density at radius 1 is 1.20 bits per heavy atom. The SMILES string of the molecule is CCC(N)C(=O)O.C[C@@H](O)[C@H](N)C(=O)O. The molecule has 0 saturated carbocycles. The molecule has 15 heavy (non-hydrogen) atoms. The van der Waals surface area contributed by atoms with E-state index in [9.17, 15) is 9.59 Å². The van der Waals surface area contributed by atoms with Gasteiger partial charge >= 0.3 is 11.9 Å². The molecule has 0 saturated heterocycles. The molecule has 0 aromatic rings. The van der Waals surface area contributed by atoms with Crippen LogP contribution < -0.4 is 11.5 Å². The highest BCUT2D eigenvalue weighted by molar-refractivity contribution is 5.73. The first-order valence-corrected chi connectivity index (χ1v) is 4.38. The van der Waals surface area contributed by atoms with Gasteiger partial charge in [-0.15, -0.1) is 0 Å². The summed E-state index contributed by atoms with van der Waals surface area (Å²) in [5.74, 6) is -2.11. The maximum absolute atomic E-state index is 9.86. The first-order chi connectivity index (χ1) is 6.73. The number of hydrogen-bond donors (Lipinski definition) is 5. The molecule has 7 N–H and O–H groups in total. The minimum atomic E-state index is -1.18.